The van der Waals surface area contributed by atoms with Crippen molar-refractivity contribution in [2.75, 3.05) is 26.7 Å². The monoisotopic (exact) mass is 327 g/mol. The van der Waals surface area contributed by atoms with Gasteiger partial charge in [-0.25, -0.2) is 0 Å². The van der Waals surface area contributed by atoms with Crippen molar-refractivity contribution in [2.24, 2.45) is 11.7 Å². The Hall–Kier alpha value is -0.0300. The van der Waals surface area contributed by atoms with Crippen LogP contribution in [-0.4, -0.2) is 54.5 Å². The molecule has 0 radical (unpaired) electrons. The van der Waals surface area contributed by atoms with E-state index in [1.807, 2.05) is 25.8 Å². The first-order chi connectivity index (χ1) is 8.47. The van der Waals surface area contributed by atoms with Gasteiger partial charge in [0.2, 0.25) is 5.91 Å². The van der Waals surface area contributed by atoms with E-state index in [1.165, 1.54) is 13.0 Å². The van der Waals surface area contributed by atoms with E-state index in [1.54, 1.807) is 0 Å². The fourth-order valence-electron chi connectivity index (χ4n) is 2.57. The molecule has 2 N–H and O–H groups in total. The van der Waals surface area contributed by atoms with Gasteiger partial charge in [-0.3, -0.25) is 4.79 Å². The number of halogens is 2. The van der Waals surface area contributed by atoms with Gasteiger partial charge in [-0.15, -0.1) is 24.8 Å². The van der Waals surface area contributed by atoms with Gasteiger partial charge in [0, 0.05) is 32.2 Å². The topological polar surface area (TPSA) is 49.6 Å². The Morgan fingerprint density at radius 2 is 1.80 bits per heavy atom. The number of rotatable bonds is 5. The van der Waals surface area contributed by atoms with Gasteiger partial charge in [-0.05, 0) is 32.7 Å². The summed E-state index contributed by atoms with van der Waals surface area (Å²) in [6.07, 6.45) is 3.39. The highest BCUT2D eigenvalue weighted by Gasteiger charge is 2.28. The first-order valence-electron chi connectivity index (χ1n) is 7.22. The molecule has 2 atom stereocenters. The van der Waals surface area contributed by atoms with E-state index < -0.39 is 0 Å². The van der Waals surface area contributed by atoms with Crippen molar-refractivity contribution in [3.63, 3.8) is 0 Å². The number of carbonyl (C=O) groups excluding carboxylic acids is 1. The lowest BCUT2D eigenvalue weighted by molar-refractivity contribution is -0.137. The molecule has 4 nitrogen and oxygen atoms in total. The summed E-state index contributed by atoms with van der Waals surface area (Å²) in [6, 6.07) is 0.326. The van der Waals surface area contributed by atoms with Gasteiger partial charge in [0.05, 0.1) is 5.92 Å². The van der Waals surface area contributed by atoms with E-state index in [9.17, 15) is 4.79 Å². The average Bonchev–Trinajstić information content (AvgIpc) is 2.37. The van der Waals surface area contributed by atoms with Crippen molar-refractivity contribution in [1.82, 2.24) is 9.80 Å². The van der Waals surface area contributed by atoms with Gasteiger partial charge in [-0.1, -0.05) is 13.8 Å². The summed E-state index contributed by atoms with van der Waals surface area (Å²) in [7, 11) is 1.93. The Bertz CT molecular complexity index is 269. The smallest absolute Gasteiger partial charge is 0.226 e. The van der Waals surface area contributed by atoms with Gasteiger partial charge >= 0.3 is 0 Å². The Morgan fingerprint density at radius 1 is 1.30 bits per heavy atom. The second kappa shape index (κ2) is 10.7. The van der Waals surface area contributed by atoms with Crippen LogP contribution in [0.4, 0.5) is 0 Å². The Labute approximate surface area is 136 Å². The summed E-state index contributed by atoms with van der Waals surface area (Å²) < 4.78 is 0. The summed E-state index contributed by atoms with van der Waals surface area (Å²) >= 11 is 0. The molecule has 2 unspecified atom stereocenters. The number of nitrogens with two attached hydrogens (primary N) is 1. The highest BCUT2D eigenvalue weighted by Crippen LogP contribution is 2.18. The third-order valence-corrected chi connectivity index (χ3v) is 4.17. The number of hydrogen-bond acceptors (Lipinski definition) is 3. The maximum Gasteiger partial charge on any atom is 0.226 e. The molecular formula is C14H31Cl2N3O. The van der Waals surface area contributed by atoms with E-state index >= 15 is 0 Å². The van der Waals surface area contributed by atoms with Gasteiger partial charge in [0.1, 0.15) is 0 Å². The average molecular weight is 328 g/mol. The zero-order chi connectivity index (χ0) is 13.7. The van der Waals surface area contributed by atoms with E-state index in [0.717, 1.165) is 25.9 Å². The van der Waals surface area contributed by atoms with Crippen LogP contribution < -0.4 is 5.73 Å². The minimum Gasteiger partial charge on any atom is -0.342 e. The fraction of sp³-hybridized carbons (Fsp3) is 0.929. The maximum absolute atomic E-state index is 12.2. The van der Waals surface area contributed by atoms with Crippen LogP contribution in [0.15, 0.2) is 0 Å². The van der Waals surface area contributed by atoms with Gasteiger partial charge in [0.25, 0.3) is 0 Å². The molecule has 6 heteroatoms. The Kier molecular flexibility index (Phi) is 11.9. The predicted octanol–water partition coefficient (Wildman–Crippen LogP) is 2.15. The molecule has 1 saturated heterocycles. The van der Waals surface area contributed by atoms with Crippen molar-refractivity contribution in [3.05, 3.63) is 0 Å². The van der Waals surface area contributed by atoms with Crippen molar-refractivity contribution in [1.29, 1.82) is 0 Å². The van der Waals surface area contributed by atoms with Gasteiger partial charge < -0.3 is 15.5 Å². The predicted molar refractivity (Wildman–Crippen MR) is 89.8 cm³/mol. The van der Waals surface area contributed by atoms with Gasteiger partial charge in [-0.2, -0.15) is 0 Å². The fourth-order valence-corrected chi connectivity index (χ4v) is 2.57. The van der Waals surface area contributed by atoms with Crippen LogP contribution in [0.1, 0.15) is 40.0 Å². The zero-order valence-electron chi connectivity index (χ0n) is 13.2. The number of likely N-dealkylation sites (tertiary alicyclic amines) is 1. The maximum atomic E-state index is 12.2. The van der Waals surface area contributed by atoms with E-state index in [2.05, 4.69) is 11.8 Å². The molecule has 1 fully saturated rings. The highest BCUT2D eigenvalue weighted by molar-refractivity contribution is 5.85. The number of nitrogens with zero attached hydrogens (tertiary/aromatic N) is 2. The number of piperidine rings is 1. The third-order valence-electron chi connectivity index (χ3n) is 4.17. The molecule has 0 aromatic rings. The minimum absolute atomic E-state index is 0. The minimum atomic E-state index is -0.0799. The third kappa shape index (κ3) is 6.17. The standard InChI is InChI=1S/C14H29N3O.2ClH/c1-5-8-17-9-6-13(7-10-17)16(4)14(18)11(2)12(3)15;;/h11-13H,5-10,15H2,1-4H3;2*1H. The molecule has 122 valence electrons. The molecule has 0 saturated carbocycles. The molecule has 0 spiro atoms. The SMILES string of the molecule is CCCN1CCC(N(C)C(=O)C(C)C(C)N)CC1.Cl.Cl. The van der Waals surface area contributed by atoms with Crippen LogP contribution in [0.25, 0.3) is 0 Å². The molecule has 1 aliphatic rings. The molecule has 0 aromatic heterocycles. The van der Waals surface area contributed by atoms with E-state index in [-0.39, 0.29) is 42.7 Å². The molecule has 1 aliphatic heterocycles. The zero-order valence-corrected chi connectivity index (χ0v) is 14.8. The summed E-state index contributed by atoms with van der Waals surface area (Å²) in [4.78, 5) is 16.6. The second-order valence-corrected chi connectivity index (χ2v) is 5.67. The van der Waals surface area contributed by atoms with Crippen molar-refractivity contribution in [3.8, 4) is 0 Å². The van der Waals surface area contributed by atoms with E-state index in [0.29, 0.717) is 6.04 Å². The molecule has 0 aromatic carbocycles. The quantitative estimate of drug-likeness (QED) is 0.841. The van der Waals surface area contributed by atoms with E-state index in [4.69, 9.17) is 5.73 Å². The normalized spacial score (nSPS) is 19.4. The van der Waals surface area contributed by atoms with Crippen LogP contribution in [0.5, 0.6) is 0 Å². The molecule has 0 aliphatic carbocycles. The van der Waals surface area contributed by atoms with Crippen LogP contribution >= 0.6 is 24.8 Å². The van der Waals surface area contributed by atoms with Crippen molar-refractivity contribution >= 4 is 30.7 Å². The molecule has 20 heavy (non-hydrogen) atoms. The lowest BCUT2D eigenvalue weighted by Gasteiger charge is -2.38. The number of amides is 1. The molecule has 1 rings (SSSR count). The molecular weight excluding hydrogens is 297 g/mol. The lowest BCUT2D eigenvalue weighted by atomic mass is 9.98. The van der Waals surface area contributed by atoms with Crippen LogP contribution in [0.2, 0.25) is 0 Å². The highest BCUT2D eigenvalue weighted by atomic mass is 35.5. The summed E-state index contributed by atoms with van der Waals surface area (Å²) in [6.45, 7) is 9.45. The first-order valence-corrected chi connectivity index (χ1v) is 7.22. The largest absolute Gasteiger partial charge is 0.342 e. The molecule has 1 heterocycles. The number of carbonyl (C=O) groups is 1. The van der Waals surface area contributed by atoms with Crippen LogP contribution in [0.3, 0.4) is 0 Å². The van der Waals surface area contributed by atoms with Gasteiger partial charge in [0.15, 0.2) is 0 Å². The van der Waals surface area contributed by atoms with Crippen LogP contribution in [0, 0.1) is 5.92 Å². The Morgan fingerprint density at radius 3 is 2.20 bits per heavy atom. The summed E-state index contributed by atoms with van der Waals surface area (Å²) in [5.74, 6) is 0.114. The second-order valence-electron chi connectivity index (χ2n) is 5.67. The van der Waals surface area contributed by atoms with Crippen molar-refractivity contribution in [2.45, 2.75) is 52.1 Å². The first kappa shape index (κ1) is 22.3. The van der Waals surface area contributed by atoms with Crippen molar-refractivity contribution < 1.29 is 4.79 Å². The summed E-state index contributed by atoms with van der Waals surface area (Å²) in [5.41, 5.74) is 5.81. The molecule has 0 bridgehead atoms. The lowest BCUT2D eigenvalue weighted by Crippen LogP contribution is -2.49. The Balaban J connectivity index is 0. The van der Waals surface area contributed by atoms with Crippen LogP contribution in [-0.2, 0) is 4.79 Å². The number of hydrogen-bond donors (Lipinski definition) is 1. The molecule has 1 amide bonds. The summed E-state index contributed by atoms with van der Waals surface area (Å²) in [5, 5.41) is 0.